The molecule has 1 nitrogen and oxygen atoms in total. The normalized spacial score (nSPS) is 10.5. The van der Waals surface area contributed by atoms with Gasteiger partial charge in [-0.1, -0.05) is 36.4 Å². The first-order valence-corrected chi connectivity index (χ1v) is 4.19. The maximum atomic E-state index is 5.00. The number of hydrogen-bond acceptors (Lipinski definition) is 1. The van der Waals surface area contributed by atoms with Crippen LogP contribution in [-0.4, -0.2) is 0 Å². The quantitative estimate of drug-likeness (QED) is 0.673. The first-order valence-electron chi connectivity index (χ1n) is 4.19. The summed E-state index contributed by atoms with van der Waals surface area (Å²) in [4.78, 5) is 0. The zero-order valence-electron chi connectivity index (χ0n) is 7.23. The van der Waals surface area contributed by atoms with E-state index in [4.69, 9.17) is 7.11 Å². The van der Waals surface area contributed by atoms with E-state index in [1.807, 2.05) is 18.2 Å². The Balaban J connectivity index is 2.49. The van der Waals surface area contributed by atoms with Crippen molar-refractivity contribution in [3.05, 3.63) is 55.1 Å². The van der Waals surface area contributed by atoms with Gasteiger partial charge in [-0.05, 0) is 22.4 Å². The van der Waals surface area contributed by atoms with Crippen molar-refractivity contribution in [2.24, 2.45) is 0 Å². The zero-order chi connectivity index (χ0) is 9.10. The molecule has 0 aromatic heterocycles. The third-order valence-corrected chi connectivity index (χ3v) is 2.06. The summed E-state index contributed by atoms with van der Waals surface area (Å²) in [6, 6.07) is 14.4. The van der Waals surface area contributed by atoms with Gasteiger partial charge in [0.2, 0.25) is 0 Å². The van der Waals surface area contributed by atoms with E-state index >= 15 is 0 Å². The summed E-state index contributed by atoms with van der Waals surface area (Å²) >= 11 is 0. The Hall–Kier alpha value is -1.34. The van der Waals surface area contributed by atoms with Crippen molar-refractivity contribution in [2.45, 2.75) is 6.61 Å². The minimum absolute atomic E-state index is 0.463. The molecule has 0 aliphatic rings. The number of ether oxygens (including phenoxy) is 1. The van der Waals surface area contributed by atoms with Crippen LogP contribution in [0.25, 0.3) is 10.8 Å². The molecule has 2 aromatic carbocycles. The molecule has 64 valence electrons. The average Bonchev–Trinajstić information content (AvgIpc) is 2.18. The van der Waals surface area contributed by atoms with E-state index in [-0.39, 0.29) is 0 Å². The summed E-state index contributed by atoms with van der Waals surface area (Å²) in [5.74, 6) is 0. The Kier molecular flexibility index (Phi) is 2.28. The number of fused-ring (bicyclic) bond motifs is 1. The van der Waals surface area contributed by atoms with Crippen molar-refractivity contribution in [1.29, 1.82) is 0 Å². The lowest BCUT2D eigenvalue weighted by Gasteiger charge is -2.01. The summed E-state index contributed by atoms with van der Waals surface area (Å²) in [5.41, 5.74) is 1.10. The van der Waals surface area contributed by atoms with Crippen LogP contribution >= 0.6 is 0 Å². The van der Waals surface area contributed by atoms with Crippen LogP contribution in [-0.2, 0) is 11.3 Å². The molecule has 0 aliphatic heterocycles. The zero-order valence-corrected chi connectivity index (χ0v) is 7.23. The SMILES string of the molecule is [CH]OCc1ccc2ccccc2c1. The summed E-state index contributed by atoms with van der Waals surface area (Å²) in [5, 5.41) is 2.46. The average molecular weight is 170 g/mol. The van der Waals surface area contributed by atoms with Crippen LogP contribution in [0.5, 0.6) is 0 Å². The van der Waals surface area contributed by atoms with Crippen LogP contribution in [0.2, 0.25) is 0 Å². The predicted molar refractivity (Wildman–Crippen MR) is 53.0 cm³/mol. The van der Waals surface area contributed by atoms with Gasteiger partial charge >= 0.3 is 0 Å². The minimum Gasteiger partial charge on any atom is -0.368 e. The summed E-state index contributed by atoms with van der Waals surface area (Å²) in [6.07, 6.45) is 0. The van der Waals surface area contributed by atoms with Crippen LogP contribution in [0, 0.1) is 7.11 Å². The van der Waals surface area contributed by atoms with Gasteiger partial charge in [-0.25, -0.2) is 0 Å². The molecule has 0 saturated carbocycles. The molecule has 0 bridgehead atoms. The molecule has 0 atom stereocenters. The second kappa shape index (κ2) is 3.58. The minimum atomic E-state index is 0.463. The molecule has 2 aromatic rings. The van der Waals surface area contributed by atoms with Gasteiger partial charge in [0, 0.05) is 0 Å². The third kappa shape index (κ3) is 1.70. The van der Waals surface area contributed by atoms with Crippen LogP contribution in [0.4, 0.5) is 0 Å². The maximum Gasteiger partial charge on any atom is 0.116 e. The van der Waals surface area contributed by atoms with E-state index < -0.39 is 0 Å². The molecule has 0 unspecified atom stereocenters. The summed E-state index contributed by atoms with van der Waals surface area (Å²) < 4.78 is 4.58. The standard InChI is InChI=1S/C12H10O/c1-13-9-10-6-7-11-4-2-3-5-12(11)8-10/h1-8H,9H2. The van der Waals surface area contributed by atoms with Crippen LogP contribution in [0.15, 0.2) is 42.5 Å². The second-order valence-corrected chi connectivity index (χ2v) is 2.99. The number of benzene rings is 2. The summed E-state index contributed by atoms with van der Waals surface area (Å²) in [7, 11) is 5.00. The first-order chi connectivity index (χ1) is 6.40. The van der Waals surface area contributed by atoms with E-state index in [0.717, 1.165) is 5.56 Å². The van der Waals surface area contributed by atoms with Gasteiger partial charge in [0.25, 0.3) is 0 Å². The topological polar surface area (TPSA) is 9.23 Å². The molecule has 0 saturated heterocycles. The van der Waals surface area contributed by atoms with Crippen molar-refractivity contribution in [3.8, 4) is 0 Å². The van der Waals surface area contributed by atoms with Gasteiger partial charge in [0.1, 0.15) is 7.11 Å². The highest BCUT2D eigenvalue weighted by atomic mass is 16.5. The third-order valence-electron chi connectivity index (χ3n) is 2.06. The number of hydrogen-bond donors (Lipinski definition) is 0. The van der Waals surface area contributed by atoms with Gasteiger partial charge in [0.15, 0.2) is 0 Å². The lowest BCUT2D eigenvalue weighted by molar-refractivity contribution is 0.229. The monoisotopic (exact) mass is 170 g/mol. The van der Waals surface area contributed by atoms with Crippen molar-refractivity contribution in [1.82, 2.24) is 0 Å². The fraction of sp³-hybridized carbons (Fsp3) is 0.0833. The van der Waals surface area contributed by atoms with Gasteiger partial charge in [-0.15, -0.1) is 0 Å². The Morgan fingerprint density at radius 3 is 2.54 bits per heavy atom. The molecule has 0 heterocycles. The Labute approximate surface area is 78.0 Å². The van der Waals surface area contributed by atoms with Crippen molar-refractivity contribution >= 4 is 10.8 Å². The summed E-state index contributed by atoms with van der Waals surface area (Å²) in [6.45, 7) is 0.463. The fourth-order valence-corrected chi connectivity index (χ4v) is 1.42. The van der Waals surface area contributed by atoms with Gasteiger partial charge < -0.3 is 4.74 Å². The predicted octanol–water partition coefficient (Wildman–Crippen LogP) is 3.02. The highest BCUT2D eigenvalue weighted by Gasteiger charge is 1.94. The van der Waals surface area contributed by atoms with E-state index in [1.165, 1.54) is 10.8 Å². The van der Waals surface area contributed by atoms with Crippen molar-refractivity contribution < 1.29 is 4.74 Å². The lowest BCUT2D eigenvalue weighted by atomic mass is 10.1. The first kappa shape index (κ1) is 8.27. The Morgan fingerprint density at radius 2 is 1.77 bits per heavy atom. The Morgan fingerprint density at radius 1 is 1.00 bits per heavy atom. The molecule has 2 radical (unpaired) electrons. The highest BCUT2D eigenvalue weighted by molar-refractivity contribution is 5.82. The molecule has 0 N–H and O–H groups in total. The van der Waals surface area contributed by atoms with Crippen molar-refractivity contribution in [2.75, 3.05) is 0 Å². The van der Waals surface area contributed by atoms with Crippen molar-refractivity contribution in [3.63, 3.8) is 0 Å². The maximum absolute atomic E-state index is 5.00. The van der Waals surface area contributed by atoms with E-state index in [9.17, 15) is 0 Å². The van der Waals surface area contributed by atoms with Gasteiger partial charge in [0.05, 0.1) is 6.61 Å². The fourth-order valence-electron chi connectivity index (χ4n) is 1.42. The highest BCUT2D eigenvalue weighted by Crippen LogP contribution is 2.15. The molecular weight excluding hydrogens is 160 g/mol. The van der Waals surface area contributed by atoms with E-state index in [1.54, 1.807) is 0 Å². The molecule has 0 fully saturated rings. The van der Waals surface area contributed by atoms with E-state index in [0.29, 0.717) is 6.61 Å². The number of rotatable bonds is 2. The molecular formula is C12H10O. The Bertz CT molecular complexity index is 407. The van der Waals surface area contributed by atoms with E-state index in [2.05, 4.69) is 29.0 Å². The molecule has 13 heavy (non-hydrogen) atoms. The molecule has 0 aliphatic carbocycles. The van der Waals surface area contributed by atoms with Gasteiger partial charge in [-0.3, -0.25) is 0 Å². The van der Waals surface area contributed by atoms with Crippen LogP contribution < -0.4 is 0 Å². The smallest absolute Gasteiger partial charge is 0.116 e. The molecule has 2 rings (SSSR count). The largest absolute Gasteiger partial charge is 0.368 e. The lowest BCUT2D eigenvalue weighted by Crippen LogP contribution is -1.84. The van der Waals surface area contributed by atoms with Crippen LogP contribution in [0.1, 0.15) is 5.56 Å². The molecule has 1 heteroatoms. The molecule has 0 spiro atoms. The van der Waals surface area contributed by atoms with Crippen LogP contribution in [0.3, 0.4) is 0 Å². The molecule has 0 amide bonds. The second-order valence-electron chi connectivity index (χ2n) is 2.99. The van der Waals surface area contributed by atoms with Gasteiger partial charge in [-0.2, -0.15) is 0 Å².